The highest BCUT2D eigenvalue weighted by Gasteiger charge is 2.38. The second-order valence-electron chi connectivity index (χ2n) is 6.69. The molecular formula is C20H23N5O3. The predicted octanol–water partition coefficient (Wildman–Crippen LogP) is 2.19. The Kier molecular flexibility index (Phi) is 5.36. The Morgan fingerprint density at radius 1 is 1.36 bits per heavy atom. The second kappa shape index (κ2) is 7.72. The molecule has 2 heterocycles. The average molecular weight is 381 g/mol. The molecule has 8 nitrogen and oxygen atoms in total. The lowest BCUT2D eigenvalue weighted by molar-refractivity contribution is 0.0950. The fourth-order valence-electron chi connectivity index (χ4n) is 3.14. The van der Waals surface area contributed by atoms with E-state index in [0.29, 0.717) is 42.9 Å². The van der Waals surface area contributed by atoms with Gasteiger partial charge in [-0.05, 0) is 19.1 Å². The number of methoxy groups -OCH3 is 1. The Balaban J connectivity index is 1.76. The summed E-state index contributed by atoms with van der Waals surface area (Å²) in [5, 5.41) is 10.9. The van der Waals surface area contributed by atoms with Crippen LogP contribution < -0.4 is 15.6 Å². The highest BCUT2D eigenvalue weighted by Crippen LogP contribution is 2.36. The Hall–Kier alpha value is -3.34. The molecule has 0 unspecified atom stereocenters. The molecule has 0 fully saturated rings. The quantitative estimate of drug-likeness (QED) is 0.711. The number of ether oxygens (including phenoxy) is 1. The van der Waals surface area contributed by atoms with Gasteiger partial charge in [-0.2, -0.15) is 10.2 Å². The molecule has 1 aromatic heterocycles. The lowest BCUT2D eigenvalue weighted by Crippen LogP contribution is -2.32. The normalized spacial score (nSPS) is 13.8. The minimum Gasteiger partial charge on any atom is -0.497 e. The van der Waals surface area contributed by atoms with Crippen LogP contribution in [0.5, 0.6) is 5.75 Å². The van der Waals surface area contributed by atoms with Gasteiger partial charge in [-0.15, -0.1) is 12.3 Å². The van der Waals surface area contributed by atoms with Crippen LogP contribution in [0.3, 0.4) is 0 Å². The number of nitrogens with zero attached hydrogens (tertiary/aromatic N) is 4. The van der Waals surface area contributed by atoms with E-state index >= 15 is 0 Å². The number of rotatable bonds is 8. The number of terminal acetylenes is 1. The summed E-state index contributed by atoms with van der Waals surface area (Å²) >= 11 is 0. The van der Waals surface area contributed by atoms with Crippen LogP contribution in [-0.4, -0.2) is 34.6 Å². The summed E-state index contributed by atoms with van der Waals surface area (Å²) in [7, 11) is 3.30. The Bertz CT molecular complexity index is 1020. The van der Waals surface area contributed by atoms with Gasteiger partial charge >= 0.3 is 0 Å². The molecule has 1 aromatic carbocycles. The molecule has 0 aliphatic carbocycles. The first-order valence-electron chi connectivity index (χ1n) is 9.01. The highest BCUT2D eigenvalue weighted by molar-refractivity contribution is 5.95. The van der Waals surface area contributed by atoms with Crippen LogP contribution in [0.25, 0.3) is 5.69 Å². The summed E-state index contributed by atoms with van der Waals surface area (Å²) in [6.45, 7) is 2.11. The zero-order valence-corrected chi connectivity index (χ0v) is 16.2. The summed E-state index contributed by atoms with van der Waals surface area (Å²) in [6, 6.07) is 7.12. The topological polar surface area (TPSA) is 90.0 Å². The summed E-state index contributed by atoms with van der Waals surface area (Å²) in [6.07, 6.45) is 7.11. The van der Waals surface area contributed by atoms with E-state index < -0.39 is 11.6 Å². The fraction of sp³-hybridized carbons (Fsp3) is 0.400. The standard InChI is InChI=1S/C20H23N5O3/c1-5-6-10-20(22-23-20)11-12-21-18(26)17-14(2)24(3)25(19(17)27)15-8-7-9-16(13-15)28-4/h1,7-9,13H,6,10-12H2,2-4H3,(H,21,26). The SMILES string of the molecule is C#CCCC1(CCNC(=O)c2c(C)n(C)n(-c3cccc(OC)c3)c2=O)N=N1. The van der Waals surface area contributed by atoms with Crippen molar-refractivity contribution >= 4 is 5.91 Å². The van der Waals surface area contributed by atoms with Gasteiger partial charge in [-0.1, -0.05) is 6.07 Å². The minimum atomic E-state index is -0.466. The van der Waals surface area contributed by atoms with Crippen LogP contribution in [-0.2, 0) is 7.05 Å². The van der Waals surface area contributed by atoms with Crippen molar-refractivity contribution in [1.29, 1.82) is 0 Å². The molecule has 2 aromatic rings. The number of carbonyl (C=O) groups excluding carboxylic acids is 1. The third-order valence-electron chi connectivity index (χ3n) is 4.94. The molecule has 1 aliphatic heterocycles. The number of hydrogen-bond donors (Lipinski definition) is 1. The van der Waals surface area contributed by atoms with Gasteiger partial charge in [0.2, 0.25) is 0 Å². The maximum atomic E-state index is 12.9. The zero-order chi connectivity index (χ0) is 20.3. The third-order valence-corrected chi connectivity index (χ3v) is 4.94. The molecule has 0 saturated carbocycles. The molecule has 28 heavy (non-hydrogen) atoms. The number of carbonyl (C=O) groups is 1. The molecular weight excluding hydrogens is 358 g/mol. The van der Waals surface area contributed by atoms with Crippen LogP contribution in [0.2, 0.25) is 0 Å². The molecule has 8 heteroatoms. The number of hydrogen-bond acceptors (Lipinski definition) is 5. The van der Waals surface area contributed by atoms with Crippen molar-refractivity contribution < 1.29 is 9.53 Å². The van der Waals surface area contributed by atoms with Crippen molar-refractivity contribution in [2.75, 3.05) is 13.7 Å². The molecule has 0 saturated heterocycles. The smallest absolute Gasteiger partial charge is 0.284 e. The molecule has 1 aliphatic rings. The van der Waals surface area contributed by atoms with Crippen LogP contribution in [0.4, 0.5) is 0 Å². The van der Waals surface area contributed by atoms with Gasteiger partial charge in [0, 0.05) is 38.9 Å². The number of benzene rings is 1. The first-order chi connectivity index (χ1) is 13.4. The van der Waals surface area contributed by atoms with Crippen LogP contribution >= 0.6 is 0 Å². The lowest BCUT2D eigenvalue weighted by atomic mass is 10.0. The molecule has 1 amide bonds. The van der Waals surface area contributed by atoms with E-state index in [1.54, 1.807) is 50.0 Å². The van der Waals surface area contributed by atoms with Crippen molar-refractivity contribution in [3.63, 3.8) is 0 Å². The number of aromatic nitrogens is 2. The first kappa shape index (κ1) is 19.4. The van der Waals surface area contributed by atoms with Crippen molar-refractivity contribution in [2.45, 2.75) is 31.8 Å². The molecule has 3 rings (SSSR count). The van der Waals surface area contributed by atoms with Gasteiger partial charge in [0.1, 0.15) is 11.3 Å². The van der Waals surface area contributed by atoms with Gasteiger partial charge in [0.15, 0.2) is 5.66 Å². The lowest BCUT2D eigenvalue weighted by Gasteiger charge is -2.09. The Morgan fingerprint density at radius 3 is 2.75 bits per heavy atom. The summed E-state index contributed by atoms with van der Waals surface area (Å²) in [4.78, 5) is 25.6. The number of amides is 1. The molecule has 0 atom stereocenters. The van der Waals surface area contributed by atoms with E-state index in [9.17, 15) is 9.59 Å². The van der Waals surface area contributed by atoms with E-state index in [4.69, 9.17) is 11.2 Å². The van der Waals surface area contributed by atoms with Gasteiger partial charge in [0.25, 0.3) is 11.5 Å². The van der Waals surface area contributed by atoms with Crippen molar-refractivity contribution in [3.8, 4) is 23.8 Å². The average Bonchev–Trinajstić information content (AvgIpc) is 3.42. The highest BCUT2D eigenvalue weighted by atomic mass is 16.5. The van der Waals surface area contributed by atoms with E-state index in [1.165, 1.54) is 4.68 Å². The molecule has 0 bridgehead atoms. The van der Waals surface area contributed by atoms with E-state index in [1.807, 2.05) is 0 Å². The Morgan fingerprint density at radius 2 is 2.11 bits per heavy atom. The van der Waals surface area contributed by atoms with E-state index in [0.717, 1.165) is 0 Å². The molecule has 0 radical (unpaired) electrons. The predicted molar refractivity (Wildman–Crippen MR) is 105 cm³/mol. The number of nitrogens with one attached hydrogen (secondary N) is 1. The molecule has 0 spiro atoms. The van der Waals surface area contributed by atoms with Crippen molar-refractivity contribution in [2.24, 2.45) is 17.3 Å². The van der Waals surface area contributed by atoms with Crippen LogP contribution in [0.15, 0.2) is 39.3 Å². The van der Waals surface area contributed by atoms with Crippen molar-refractivity contribution in [1.82, 2.24) is 14.7 Å². The molecule has 1 N–H and O–H groups in total. The second-order valence-corrected chi connectivity index (χ2v) is 6.69. The van der Waals surface area contributed by atoms with Gasteiger partial charge in [-0.25, -0.2) is 4.68 Å². The zero-order valence-electron chi connectivity index (χ0n) is 16.2. The molecule has 146 valence electrons. The summed E-state index contributed by atoms with van der Waals surface area (Å²) in [5.41, 5.74) is 0.471. The fourth-order valence-corrected chi connectivity index (χ4v) is 3.14. The van der Waals surface area contributed by atoms with Crippen LogP contribution in [0, 0.1) is 19.3 Å². The Labute approximate surface area is 163 Å². The van der Waals surface area contributed by atoms with E-state index in [2.05, 4.69) is 21.5 Å². The van der Waals surface area contributed by atoms with E-state index in [-0.39, 0.29) is 11.1 Å². The van der Waals surface area contributed by atoms with Gasteiger partial charge < -0.3 is 10.1 Å². The third kappa shape index (κ3) is 3.69. The van der Waals surface area contributed by atoms with Gasteiger partial charge in [0.05, 0.1) is 18.5 Å². The largest absolute Gasteiger partial charge is 0.497 e. The van der Waals surface area contributed by atoms with Crippen LogP contribution in [0.1, 0.15) is 35.3 Å². The minimum absolute atomic E-state index is 0.118. The van der Waals surface area contributed by atoms with Crippen molar-refractivity contribution in [3.05, 3.63) is 45.9 Å². The summed E-state index contributed by atoms with van der Waals surface area (Å²) in [5.74, 6) is 2.79. The maximum absolute atomic E-state index is 12.9. The monoisotopic (exact) mass is 381 g/mol. The van der Waals surface area contributed by atoms with Gasteiger partial charge in [-0.3, -0.25) is 14.3 Å². The maximum Gasteiger partial charge on any atom is 0.284 e. The summed E-state index contributed by atoms with van der Waals surface area (Å²) < 4.78 is 8.34. The first-order valence-corrected chi connectivity index (χ1v) is 9.01.